The van der Waals surface area contributed by atoms with Gasteiger partial charge < -0.3 is 15.0 Å². The van der Waals surface area contributed by atoms with Crippen LogP contribution in [0.5, 0.6) is 0 Å². The number of alkyl carbamates (subject to hydrolysis) is 1. The van der Waals surface area contributed by atoms with E-state index in [9.17, 15) is 10.1 Å². The van der Waals surface area contributed by atoms with Gasteiger partial charge in [-0.3, -0.25) is 0 Å². The minimum atomic E-state index is -0.468. The lowest BCUT2D eigenvalue weighted by atomic mass is 9.98. The van der Waals surface area contributed by atoms with Crippen LogP contribution in [-0.4, -0.2) is 23.2 Å². The number of aromatic nitrogens is 1. The minimum Gasteiger partial charge on any atom is -0.447 e. The zero-order valence-electron chi connectivity index (χ0n) is 12.0. The first kappa shape index (κ1) is 13.5. The smallest absolute Gasteiger partial charge is 0.407 e. The topological polar surface area (TPSA) is 77.9 Å². The Hall–Kier alpha value is -2.48. The van der Waals surface area contributed by atoms with Crippen molar-refractivity contribution in [2.45, 2.75) is 38.3 Å². The molecule has 2 N–H and O–H groups in total. The lowest BCUT2D eigenvalue weighted by Crippen LogP contribution is -2.38. The van der Waals surface area contributed by atoms with Crippen LogP contribution in [0, 0.1) is 11.3 Å². The van der Waals surface area contributed by atoms with Crippen molar-refractivity contribution < 1.29 is 9.53 Å². The van der Waals surface area contributed by atoms with Gasteiger partial charge in [0.15, 0.2) is 0 Å². The molecule has 5 heteroatoms. The van der Waals surface area contributed by atoms with Crippen molar-refractivity contribution in [2.24, 2.45) is 0 Å². The zero-order valence-corrected chi connectivity index (χ0v) is 12.0. The molecule has 1 aliphatic carbocycles. The number of carbonyl (C=O) groups is 1. The Balaban J connectivity index is 1.87. The first-order chi connectivity index (χ1) is 10.1. The molecule has 21 heavy (non-hydrogen) atoms. The Labute approximate surface area is 122 Å². The minimum absolute atomic E-state index is 0.175. The normalized spacial score (nSPS) is 20.3. The molecule has 1 heterocycles. The van der Waals surface area contributed by atoms with Gasteiger partial charge in [0.25, 0.3) is 0 Å². The number of nitrogens with zero attached hydrogens (tertiary/aromatic N) is 1. The highest BCUT2D eigenvalue weighted by atomic mass is 16.6. The number of fused-ring (bicyclic) bond motifs is 3. The molecule has 0 aliphatic heterocycles. The van der Waals surface area contributed by atoms with Gasteiger partial charge in [-0.2, -0.15) is 5.26 Å². The molecule has 2 aromatic rings. The molecule has 0 fully saturated rings. The molecule has 1 aromatic heterocycles. The average molecular weight is 283 g/mol. The molecule has 3 rings (SSSR count). The lowest BCUT2D eigenvalue weighted by Gasteiger charge is -2.17. The van der Waals surface area contributed by atoms with E-state index in [0.717, 1.165) is 22.2 Å². The number of hydrogen-bond donors (Lipinski definition) is 2. The van der Waals surface area contributed by atoms with E-state index in [1.807, 2.05) is 24.3 Å². The monoisotopic (exact) mass is 283 g/mol. The predicted molar refractivity (Wildman–Crippen MR) is 78.9 cm³/mol. The molecule has 1 amide bonds. The summed E-state index contributed by atoms with van der Waals surface area (Å²) < 4.78 is 5.10. The second kappa shape index (κ2) is 5.13. The number of benzene rings is 1. The maximum absolute atomic E-state index is 11.8. The number of rotatable bonds is 2. The molecular weight excluding hydrogens is 266 g/mol. The van der Waals surface area contributed by atoms with Crippen molar-refractivity contribution >= 4 is 17.0 Å². The summed E-state index contributed by atoms with van der Waals surface area (Å²) >= 11 is 0. The van der Waals surface area contributed by atoms with Gasteiger partial charge in [0.1, 0.15) is 0 Å². The van der Waals surface area contributed by atoms with Crippen molar-refractivity contribution in [1.29, 1.82) is 5.26 Å². The fourth-order valence-electron chi connectivity index (χ4n) is 2.96. The maximum atomic E-state index is 11.8. The molecule has 0 saturated heterocycles. The Morgan fingerprint density at radius 2 is 2.24 bits per heavy atom. The third-order valence-electron chi connectivity index (χ3n) is 3.75. The second-order valence-electron chi connectivity index (χ2n) is 5.58. The Morgan fingerprint density at radius 1 is 1.48 bits per heavy atom. The number of para-hydroxylation sites is 1. The average Bonchev–Trinajstić information content (AvgIpc) is 2.92. The first-order valence-corrected chi connectivity index (χ1v) is 7.06. The summed E-state index contributed by atoms with van der Waals surface area (Å²) in [6, 6.07) is 10.00. The van der Waals surface area contributed by atoms with Crippen LogP contribution in [0.4, 0.5) is 4.79 Å². The van der Waals surface area contributed by atoms with Gasteiger partial charge in [0.05, 0.1) is 24.1 Å². The fraction of sp³-hybridized carbons (Fsp3) is 0.375. The Morgan fingerprint density at radius 3 is 2.95 bits per heavy atom. The third kappa shape index (κ3) is 2.33. The van der Waals surface area contributed by atoms with E-state index in [1.165, 1.54) is 0 Å². The molecule has 5 nitrogen and oxygen atoms in total. The summed E-state index contributed by atoms with van der Waals surface area (Å²) in [5.74, 6) is -0.351. The van der Waals surface area contributed by atoms with Crippen molar-refractivity contribution in [3.8, 4) is 6.07 Å². The van der Waals surface area contributed by atoms with Crippen molar-refractivity contribution in [3.05, 3.63) is 35.5 Å². The second-order valence-corrected chi connectivity index (χ2v) is 5.58. The van der Waals surface area contributed by atoms with E-state index in [4.69, 9.17) is 4.74 Å². The molecular formula is C16H17N3O2. The molecule has 0 bridgehead atoms. The van der Waals surface area contributed by atoms with Crippen LogP contribution in [0.3, 0.4) is 0 Å². The molecule has 0 saturated carbocycles. The van der Waals surface area contributed by atoms with Crippen LogP contribution >= 0.6 is 0 Å². The highest BCUT2D eigenvalue weighted by molar-refractivity contribution is 5.87. The van der Waals surface area contributed by atoms with Gasteiger partial charge in [-0.05, 0) is 19.9 Å². The molecule has 0 radical (unpaired) electrons. The number of nitrogens with one attached hydrogen (secondary N) is 2. The molecule has 0 spiro atoms. The fourth-order valence-corrected chi connectivity index (χ4v) is 2.96. The van der Waals surface area contributed by atoms with Gasteiger partial charge in [-0.15, -0.1) is 0 Å². The van der Waals surface area contributed by atoms with Crippen LogP contribution in [0.15, 0.2) is 24.3 Å². The Bertz CT molecular complexity index is 727. The number of aromatic amines is 1. The lowest BCUT2D eigenvalue weighted by molar-refractivity contribution is 0.112. The SMILES string of the molecule is CC(C)OC(=O)NC1Cc2[nH]c3ccccc3c2[C@@H]1C#N. The van der Waals surface area contributed by atoms with E-state index in [1.54, 1.807) is 13.8 Å². The van der Waals surface area contributed by atoms with E-state index in [0.29, 0.717) is 6.42 Å². The maximum Gasteiger partial charge on any atom is 0.407 e. The standard InChI is InChI=1S/C16H17N3O2/c1-9(2)21-16(20)19-13-7-14-15(11(13)8-17)10-5-3-4-6-12(10)18-14/h3-6,9,11,13,18H,7H2,1-2H3,(H,19,20)/t11-,13?/m1/s1. The largest absolute Gasteiger partial charge is 0.447 e. The number of hydrogen-bond acceptors (Lipinski definition) is 3. The summed E-state index contributed by atoms with van der Waals surface area (Å²) in [5, 5.41) is 13.4. The highest BCUT2D eigenvalue weighted by Gasteiger charge is 2.37. The zero-order chi connectivity index (χ0) is 15.0. The first-order valence-electron chi connectivity index (χ1n) is 7.06. The van der Waals surface area contributed by atoms with Crippen LogP contribution in [0.25, 0.3) is 10.9 Å². The van der Waals surface area contributed by atoms with Gasteiger partial charge in [-0.1, -0.05) is 18.2 Å². The number of H-pyrrole nitrogens is 1. The molecule has 108 valence electrons. The van der Waals surface area contributed by atoms with Gasteiger partial charge in [0.2, 0.25) is 0 Å². The van der Waals surface area contributed by atoms with E-state index in [-0.39, 0.29) is 18.1 Å². The van der Waals surface area contributed by atoms with Gasteiger partial charge >= 0.3 is 6.09 Å². The third-order valence-corrected chi connectivity index (χ3v) is 3.75. The summed E-state index contributed by atoms with van der Waals surface area (Å²) in [6.45, 7) is 3.60. The molecule has 2 atom stereocenters. The number of nitriles is 1. The number of ether oxygens (including phenoxy) is 1. The van der Waals surface area contributed by atoms with Gasteiger partial charge in [-0.25, -0.2) is 4.79 Å². The van der Waals surface area contributed by atoms with E-state index in [2.05, 4.69) is 16.4 Å². The van der Waals surface area contributed by atoms with E-state index < -0.39 is 6.09 Å². The summed E-state index contributed by atoms with van der Waals surface area (Å²) in [6.07, 6.45) is -0.0228. The van der Waals surface area contributed by atoms with E-state index >= 15 is 0 Å². The summed E-state index contributed by atoms with van der Waals surface area (Å²) in [5.41, 5.74) is 3.06. The number of amides is 1. The van der Waals surface area contributed by atoms with Crippen molar-refractivity contribution in [2.75, 3.05) is 0 Å². The predicted octanol–water partition coefficient (Wildman–Crippen LogP) is 2.83. The van der Waals surface area contributed by atoms with Crippen LogP contribution in [0.2, 0.25) is 0 Å². The molecule has 1 aliphatic rings. The quantitative estimate of drug-likeness (QED) is 0.889. The number of carbonyl (C=O) groups excluding carboxylic acids is 1. The molecule has 1 aromatic carbocycles. The van der Waals surface area contributed by atoms with Crippen molar-refractivity contribution in [3.63, 3.8) is 0 Å². The molecule has 1 unspecified atom stereocenters. The summed E-state index contributed by atoms with van der Waals surface area (Å²) in [7, 11) is 0. The van der Waals surface area contributed by atoms with Crippen LogP contribution in [0.1, 0.15) is 31.0 Å². The summed E-state index contributed by atoms with van der Waals surface area (Å²) in [4.78, 5) is 15.1. The van der Waals surface area contributed by atoms with Crippen molar-refractivity contribution in [1.82, 2.24) is 10.3 Å². The van der Waals surface area contributed by atoms with Crippen LogP contribution in [-0.2, 0) is 11.2 Å². The van der Waals surface area contributed by atoms with Crippen LogP contribution < -0.4 is 5.32 Å². The highest BCUT2D eigenvalue weighted by Crippen LogP contribution is 2.38. The Kier molecular flexibility index (Phi) is 3.30. The van der Waals surface area contributed by atoms with Gasteiger partial charge in [0, 0.05) is 28.6 Å².